The fraction of sp³-hybridized carbons (Fsp3) is 0.200. The van der Waals surface area contributed by atoms with Gasteiger partial charge in [-0.3, -0.25) is 4.31 Å². The Hall–Kier alpha value is -1.95. The molecule has 2 aromatic rings. The zero-order valence-corrected chi connectivity index (χ0v) is 11.9. The number of hydrogen-bond donors (Lipinski definition) is 0. The maximum absolute atomic E-state index is 14.1. The predicted molar refractivity (Wildman–Crippen MR) is 75.7 cm³/mol. The van der Waals surface area contributed by atoms with Gasteiger partial charge in [-0.05, 0) is 48.7 Å². The van der Waals surface area contributed by atoms with Gasteiger partial charge in [-0.25, -0.2) is 17.2 Å². The van der Waals surface area contributed by atoms with Crippen molar-refractivity contribution in [2.75, 3.05) is 10.8 Å². The molecule has 0 radical (unpaired) electrons. The Kier molecular flexibility index (Phi) is 3.41. The minimum absolute atomic E-state index is 0.0417. The molecule has 0 unspecified atom stereocenters. The first-order chi connectivity index (χ1) is 10.00. The third-order valence-corrected chi connectivity index (χ3v) is 5.34. The molecule has 0 atom stereocenters. The van der Waals surface area contributed by atoms with E-state index in [9.17, 15) is 17.2 Å². The summed E-state index contributed by atoms with van der Waals surface area (Å²) in [5.74, 6) is -1.07. The van der Waals surface area contributed by atoms with Crippen LogP contribution >= 0.6 is 0 Å². The van der Waals surface area contributed by atoms with Crippen molar-refractivity contribution < 1.29 is 17.2 Å². The molecule has 2 aromatic carbocycles. The van der Waals surface area contributed by atoms with Gasteiger partial charge in [0, 0.05) is 6.54 Å². The number of hydrogen-bond acceptors (Lipinski definition) is 2. The van der Waals surface area contributed by atoms with Crippen LogP contribution in [0.25, 0.3) is 0 Å². The van der Waals surface area contributed by atoms with Crippen LogP contribution in [0.4, 0.5) is 14.5 Å². The zero-order valence-electron chi connectivity index (χ0n) is 11.1. The molecule has 0 N–H and O–H groups in total. The summed E-state index contributed by atoms with van der Waals surface area (Å²) in [6, 6.07) is 9.10. The number of nitrogens with zero attached hydrogens (tertiary/aromatic N) is 1. The first-order valence-electron chi connectivity index (χ1n) is 6.56. The molecule has 1 heterocycles. The van der Waals surface area contributed by atoms with Crippen molar-refractivity contribution in [3.8, 4) is 0 Å². The summed E-state index contributed by atoms with van der Waals surface area (Å²) in [4.78, 5) is -0.0417. The highest BCUT2D eigenvalue weighted by Gasteiger charge is 2.31. The molecule has 0 saturated heterocycles. The second-order valence-corrected chi connectivity index (χ2v) is 6.74. The van der Waals surface area contributed by atoms with E-state index in [2.05, 4.69) is 0 Å². The van der Waals surface area contributed by atoms with Gasteiger partial charge >= 0.3 is 0 Å². The van der Waals surface area contributed by atoms with Gasteiger partial charge in [0.25, 0.3) is 10.0 Å². The maximum Gasteiger partial charge on any atom is 0.264 e. The highest BCUT2D eigenvalue weighted by molar-refractivity contribution is 7.92. The minimum Gasteiger partial charge on any atom is -0.263 e. The van der Waals surface area contributed by atoms with Crippen LogP contribution in [0.3, 0.4) is 0 Å². The molecule has 0 aromatic heterocycles. The Bertz CT molecular complexity index is 773. The van der Waals surface area contributed by atoms with Crippen LogP contribution in [-0.4, -0.2) is 15.0 Å². The van der Waals surface area contributed by atoms with Gasteiger partial charge in [0.15, 0.2) is 0 Å². The van der Waals surface area contributed by atoms with Crippen molar-refractivity contribution >= 4 is 15.7 Å². The lowest BCUT2D eigenvalue weighted by Crippen LogP contribution is -2.36. The zero-order chi connectivity index (χ0) is 15.0. The van der Waals surface area contributed by atoms with Crippen molar-refractivity contribution in [1.29, 1.82) is 0 Å². The smallest absolute Gasteiger partial charge is 0.263 e. The molecule has 3 rings (SSSR count). The molecule has 0 saturated carbocycles. The van der Waals surface area contributed by atoms with E-state index in [0.29, 0.717) is 18.4 Å². The van der Waals surface area contributed by atoms with E-state index in [4.69, 9.17) is 0 Å². The number of sulfonamides is 1. The quantitative estimate of drug-likeness (QED) is 0.855. The van der Waals surface area contributed by atoms with E-state index in [1.54, 1.807) is 12.1 Å². The molecule has 1 aliphatic heterocycles. The Labute approximate surface area is 121 Å². The monoisotopic (exact) mass is 309 g/mol. The summed E-state index contributed by atoms with van der Waals surface area (Å²) in [5, 5.41) is 0. The van der Waals surface area contributed by atoms with Crippen molar-refractivity contribution in [2.24, 2.45) is 0 Å². The number of para-hydroxylation sites is 1. The Morgan fingerprint density at radius 1 is 1.00 bits per heavy atom. The Morgan fingerprint density at radius 2 is 1.71 bits per heavy atom. The van der Waals surface area contributed by atoms with Crippen molar-refractivity contribution in [3.05, 3.63) is 59.7 Å². The number of fused-ring (bicyclic) bond motifs is 1. The van der Waals surface area contributed by atoms with Crippen LogP contribution in [0.5, 0.6) is 0 Å². The van der Waals surface area contributed by atoms with Gasteiger partial charge < -0.3 is 0 Å². The second kappa shape index (κ2) is 5.11. The van der Waals surface area contributed by atoms with Crippen molar-refractivity contribution in [1.82, 2.24) is 0 Å². The van der Waals surface area contributed by atoms with Gasteiger partial charge in [-0.15, -0.1) is 0 Å². The standard InChI is InChI=1S/C15H13F2NO2S/c16-12-6-8-13(9-7-12)21(19,20)18-10-2-4-11-3-1-5-14(17)15(11)18/h1,3,5-9H,2,4,10H2. The number of anilines is 1. The van der Waals surface area contributed by atoms with Gasteiger partial charge in [0.1, 0.15) is 11.6 Å². The number of benzene rings is 2. The van der Waals surface area contributed by atoms with E-state index < -0.39 is 21.7 Å². The number of rotatable bonds is 2. The molecule has 0 amide bonds. The number of halogens is 2. The van der Waals surface area contributed by atoms with Gasteiger partial charge in [0.2, 0.25) is 0 Å². The van der Waals surface area contributed by atoms with Gasteiger partial charge in [-0.1, -0.05) is 12.1 Å². The molecule has 3 nitrogen and oxygen atoms in total. The predicted octanol–water partition coefficient (Wildman–Crippen LogP) is 3.11. The van der Waals surface area contributed by atoms with Crippen LogP contribution in [0.2, 0.25) is 0 Å². The van der Waals surface area contributed by atoms with Crippen LogP contribution in [-0.2, 0) is 16.4 Å². The van der Waals surface area contributed by atoms with E-state index in [-0.39, 0.29) is 17.1 Å². The van der Waals surface area contributed by atoms with Crippen LogP contribution in [0.1, 0.15) is 12.0 Å². The minimum atomic E-state index is -3.89. The van der Waals surface area contributed by atoms with Crippen LogP contribution in [0.15, 0.2) is 47.4 Å². The molecule has 1 aliphatic rings. The summed E-state index contributed by atoms with van der Waals surface area (Å²) in [6.07, 6.45) is 1.26. The average Bonchev–Trinajstić information content (AvgIpc) is 2.47. The average molecular weight is 309 g/mol. The fourth-order valence-electron chi connectivity index (χ4n) is 2.54. The van der Waals surface area contributed by atoms with E-state index in [1.165, 1.54) is 18.2 Å². The largest absolute Gasteiger partial charge is 0.264 e. The van der Waals surface area contributed by atoms with Gasteiger partial charge in [-0.2, -0.15) is 0 Å². The molecule has 0 aliphatic carbocycles. The fourth-order valence-corrected chi connectivity index (χ4v) is 4.09. The Morgan fingerprint density at radius 3 is 2.43 bits per heavy atom. The van der Waals surface area contributed by atoms with Crippen molar-refractivity contribution in [2.45, 2.75) is 17.7 Å². The summed E-state index contributed by atoms with van der Waals surface area (Å²) in [5.41, 5.74) is 0.778. The van der Waals surface area contributed by atoms with Crippen LogP contribution < -0.4 is 4.31 Å². The summed E-state index contributed by atoms with van der Waals surface area (Å²) < 4.78 is 53.4. The van der Waals surface area contributed by atoms with Crippen molar-refractivity contribution in [3.63, 3.8) is 0 Å². The first-order valence-corrected chi connectivity index (χ1v) is 8.00. The van der Waals surface area contributed by atoms with E-state index in [0.717, 1.165) is 16.4 Å². The third-order valence-electron chi connectivity index (χ3n) is 3.53. The SMILES string of the molecule is O=S(=O)(c1ccc(F)cc1)N1CCCc2cccc(F)c21. The molecular weight excluding hydrogens is 296 g/mol. The molecule has 0 fully saturated rings. The van der Waals surface area contributed by atoms with E-state index >= 15 is 0 Å². The molecule has 6 heteroatoms. The third kappa shape index (κ3) is 2.40. The Balaban J connectivity index is 2.12. The topological polar surface area (TPSA) is 37.4 Å². The van der Waals surface area contributed by atoms with Gasteiger partial charge in [0.05, 0.1) is 10.6 Å². The highest BCUT2D eigenvalue weighted by Crippen LogP contribution is 2.34. The molecular formula is C15H13F2NO2S. The van der Waals surface area contributed by atoms with E-state index in [1.807, 2.05) is 0 Å². The lowest BCUT2D eigenvalue weighted by molar-refractivity contribution is 0.576. The number of aryl methyl sites for hydroxylation is 1. The normalized spacial score (nSPS) is 14.9. The summed E-state index contributed by atoms with van der Waals surface area (Å²) >= 11 is 0. The first kappa shape index (κ1) is 14.0. The van der Waals surface area contributed by atoms with Crippen LogP contribution in [0, 0.1) is 11.6 Å². The summed E-state index contributed by atoms with van der Waals surface area (Å²) in [7, 11) is -3.89. The molecule has 0 spiro atoms. The second-order valence-electron chi connectivity index (χ2n) is 4.88. The maximum atomic E-state index is 14.1. The molecule has 0 bridgehead atoms. The molecule has 21 heavy (non-hydrogen) atoms. The lowest BCUT2D eigenvalue weighted by Gasteiger charge is -2.30. The lowest BCUT2D eigenvalue weighted by atomic mass is 10.0. The summed E-state index contributed by atoms with van der Waals surface area (Å²) in [6.45, 7) is 0.216. The molecule has 110 valence electrons. The highest BCUT2D eigenvalue weighted by atomic mass is 32.2.